The summed E-state index contributed by atoms with van der Waals surface area (Å²) in [5.74, 6) is -0.400. The van der Waals surface area contributed by atoms with Crippen LogP contribution in [0.4, 0.5) is 0 Å². The van der Waals surface area contributed by atoms with E-state index in [-0.39, 0.29) is 0 Å². The molecule has 20 heavy (non-hydrogen) atoms. The number of hydrogen-bond acceptors (Lipinski definition) is 4. The maximum atomic E-state index is 12.0. The molecule has 5 nitrogen and oxygen atoms in total. The molecular weight excluding hydrogens is 324 g/mol. The zero-order valence-electron chi connectivity index (χ0n) is 10.9. The minimum Gasteiger partial charge on any atom is -0.461 e. The highest BCUT2D eigenvalue weighted by molar-refractivity contribution is 9.10. The van der Waals surface area contributed by atoms with E-state index in [2.05, 4.69) is 21.0 Å². The number of carbonyl (C=O) groups is 1. The highest BCUT2D eigenvalue weighted by atomic mass is 79.9. The van der Waals surface area contributed by atoms with Crippen molar-refractivity contribution in [3.05, 3.63) is 45.7 Å². The molecule has 0 amide bonds. The summed E-state index contributed by atoms with van der Waals surface area (Å²) < 4.78 is 13.2. The molecule has 1 aromatic carbocycles. The SMILES string of the molecule is CCOC(=O)c1nn(-c2cccc(Br)c2)c2c1COC2. The third-order valence-corrected chi connectivity index (χ3v) is 3.59. The number of ether oxygens (including phenoxy) is 2. The molecule has 6 heteroatoms. The van der Waals surface area contributed by atoms with E-state index in [1.54, 1.807) is 11.6 Å². The van der Waals surface area contributed by atoms with Crippen molar-refractivity contribution < 1.29 is 14.3 Å². The molecule has 1 aliphatic rings. The van der Waals surface area contributed by atoms with Crippen molar-refractivity contribution in [2.45, 2.75) is 20.1 Å². The summed E-state index contributed by atoms with van der Waals surface area (Å²) in [7, 11) is 0. The van der Waals surface area contributed by atoms with Gasteiger partial charge in [-0.05, 0) is 25.1 Å². The van der Waals surface area contributed by atoms with Gasteiger partial charge in [0.15, 0.2) is 5.69 Å². The van der Waals surface area contributed by atoms with Crippen molar-refractivity contribution in [2.24, 2.45) is 0 Å². The molecule has 0 aliphatic carbocycles. The predicted octanol–water partition coefficient (Wildman–Crippen LogP) is 2.84. The summed E-state index contributed by atoms with van der Waals surface area (Å²) in [6.45, 7) is 2.96. The van der Waals surface area contributed by atoms with Crippen LogP contribution in [0, 0.1) is 0 Å². The Kier molecular flexibility index (Phi) is 3.58. The minimum absolute atomic E-state index is 0.332. The van der Waals surface area contributed by atoms with Crippen molar-refractivity contribution in [2.75, 3.05) is 6.61 Å². The Morgan fingerprint density at radius 3 is 3.10 bits per heavy atom. The number of carbonyl (C=O) groups excluding carboxylic acids is 1. The van der Waals surface area contributed by atoms with Gasteiger partial charge in [0.1, 0.15) is 0 Å². The Labute approximate surface area is 124 Å². The summed E-state index contributed by atoms with van der Waals surface area (Å²) in [6.07, 6.45) is 0. The molecule has 2 aromatic rings. The topological polar surface area (TPSA) is 53.3 Å². The number of halogens is 1. The van der Waals surface area contributed by atoms with Gasteiger partial charge in [0.25, 0.3) is 0 Å². The maximum Gasteiger partial charge on any atom is 0.359 e. The number of benzene rings is 1. The molecule has 0 atom stereocenters. The Balaban J connectivity index is 2.09. The van der Waals surface area contributed by atoms with E-state index in [0.29, 0.717) is 25.5 Å². The number of rotatable bonds is 3. The van der Waals surface area contributed by atoms with Gasteiger partial charge in [-0.3, -0.25) is 0 Å². The van der Waals surface area contributed by atoms with E-state index in [9.17, 15) is 4.79 Å². The van der Waals surface area contributed by atoms with Crippen molar-refractivity contribution in [3.8, 4) is 5.69 Å². The molecule has 104 valence electrons. The first kappa shape index (κ1) is 13.3. The van der Waals surface area contributed by atoms with Crippen LogP contribution in [-0.2, 0) is 22.7 Å². The van der Waals surface area contributed by atoms with Crippen LogP contribution in [-0.4, -0.2) is 22.4 Å². The van der Waals surface area contributed by atoms with Gasteiger partial charge >= 0.3 is 5.97 Å². The van der Waals surface area contributed by atoms with Crippen molar-refractivity contribution in [1.29, 1.82) is 0 Å². The molecule has 3 rings (SSSR count). The lowest BCUT2D eigenvalue weighted by Crippen LogP contribution is -2.09. The summed E-state index contributed by atoms with van der Waals surface area (Å²) >= 11 is 3.44. The van der Waals surface area contributed by atoms with E-state index in [0.717, 1.165) is 21.4 Å². The van der Waals surface area contributed by atoms with Crippen LogP contribution in [0.5, 0.6) is 0 Å². The number of nitrogens with zero attached hydrogens (tertiary/aromatic N) is 2. The summed E-state index contributed by atoms with van der Waals surface area (Å²) in [6, 6.07) is 7.75. The van der Waals surface area contributed by atoms with Gasteiger partial charge in [-0.15, -0.1) is 0 Å². The van der Waals surface area contributed by atoms with Gasteiger partial charge in [-0.1, -0.05) is 22.0 Å². The molecule has 0 unspecified atom stereocenters. The van der Waals surface area contributed by atoms with E-state index in [1.807, 2.05) is 24.3 Å². The molecule has 0 saturated carbocycles. The second kappa shape index (κ2) is 5.38. The van der Waals surface area contributed by atoms with Crippen LogP contribution in [0.3, 0.4) is 0 Å². The van der Waals surface area contributed by atoms with Crippen LogP contribution in [0.25, 0.3) is 5.69 Å². The van der Waals surface area contributed by atoms with Crippen LogP contribution >= 0.6 is 15.9 Å². The summed E-state index contributed by atoms with van der Waals surface area (Å²) in [4.78, 5) is 12.0. The minimum atomic E-state index is -0.400. The Morgan fingerprint density at radius 2 is 2.35 bits per heavy atom. The van der Waals surface area contributed by atoms with Gasteiger partial charge < -0.3 is 9.47 Å². The van der Waals surface area contributed by atoms with Crippen LogP contribution in [0.1, 0.15) is 28.7 Å². The van der Waals surface area contributed by atoms with E-state index in [4.69, 9.17) is 9.47 Å². The monoisotopic (exact) mass is 336 g/mol. The van der Waals surface area contributed by atoms with Crippen LogP contribution in [0.15, 0.2) is 28.7 Å². The van der Waals surface area contributed by atoms with Gasteiger partial charge in [-0.25, -0.2) is 9.48 Å². The highest BCUT2D eigenvalue weighted by Crippen LogP contribution is 2.27. The second-order valence-electron chi connectivity index (χ2n) is 4.38. The van der Waals surface area contributed by atoms with Crippen molar-refractivity contribution in [1.82, 2.24) is 9.78 Å². The standard InChI is InChI=1S/C14H13BrN2O3/c1-2-20-14(18)13-11-7-19-8-12(11)17(16-13)10-5-3-4-9(15)6-10/h3-6H,2,7-8H2,1H3. The molecular formula is C14H13BrN2O3. The third-order valence-electron chi connectivity index (χ3n) is 3.10. The smallest absolute Gasteiger partial charge is 0.359 e. The number of aromatic nitrogens is 2. The molecule has 1 aliphatic heterocycles. The van der Waals surface area contributed by atoms with Gasteiger partial charge in [0.2, 0.25) is 0 Å². The zero-order chi connectivity index (χ0) is 14.1. The maximum absolute atomic E-state index is 12.0. The lowest BCUT2D eigenvalue weighted by molar-refractivity contribution is 0.0512. The molecule has 0 N–H and O–H groups in total. The fraction of sp³-hybridized carbons (Fsp3) is 0.286. The molecule has 0 fully saturated rings. The van der Waals surface area contributed by atoms with Gasteiger partial charge in [0, 0.05) is 10.0 Å². The Bertz CT molecular complexity index is 666. The Morgan fingerprint density at radius 1 is 1.50 bits per heavy atom. The second-order valence-corrected chi connectivity index (χ2v) is 5.29. The molecule has 2 heterocycles. The fourth-order valence-corrected chi connectivity index (χ4v) is 2.61. The number of fused-ring (bicyclic) bond motifs is 1. The first-order valence-electron chi connectivity index (χ1n) is 6.32. The first-order valence-corrected chi connectivity index (χ1v) is 7.11. The van der Waals surface area contributed by atoms with E-state index < -0.39 is 5.97 Å². The normalized spacial score (nSPS) is 13.3. The van der Waals surface area contributed by atoms with Crippen LogP contribution < -0.4 is 0 Å². The molecule has 0 radical (unpaired) electrons. The van der Waals surface area contributed by atoms with E-state index >= 15 is 0 Å². The molecule has 0 saturated heterocycles. The number of hydrogen-bond donors (Lipinski definition) is 0. The van der Waals surface area contributed by atoms with E-state index in [1.165, 1.54) is 0 Å². The number of esters is 1. The predicted molar refractivity (Wildman–Crippen MR) is 75.7 cm³/mol. The van der Waals surface area contributed by atoms with Gasteiger partial charge in [0.05, 0.1) is 31.2 Å². The molecule has 0 spiro atoms. The lowest BCUT2D eigenvalue weighted by Gasteiger charge is -2.05. The quantitative estimate of drug-likeness (QED) is 0.809. The average molecular weight is 337 g/mol. The van der Waals surface area contributed by atoms with Crippen molar-refractivity contribution >= 4 is 21.9 Å². The first-order chi connectivity index (χ1) is 9.70. The lowest BCUT2D eigenvalue weighted by atomic mass is 10.2. The summed E-state index contributed by atoms with van der Waals surface area (Å²) in [5, 5.41) is 4.40. The van der Waals surface area contributed by atoms with Gasteiger partial charge in [-0.2, -0.15) is 5.10 Å². The third kappa shape index (κ3) is 2.25. The van der Waals surface area contributed by atoms with Crippen LogP contribution in [0.2, 0.25) is 0 Å². The Hall–Kier alpha value is -1.66. The molecule has 1 aromatic heterocycles. The average Bonchev–Trinajstić information content (AvgIpc) is 3.00. The fourth-order valence-electron chi connectivity index (χ4n) is 2.22. The zero-order valence-corrected chi connectivity index (χ0v) is 12.5. The molecule has 0 bridgehead atoms. The van der Waals surface area contributed by atoms with Crippen molar-refractivity contribution in [3.63, 3.8) is 0 Å². The largest absolute Gasteiger partial charge is 0.461 e. The summed E-state index contributed by atoms with van der Waals surface area (Å²) in [5.41, 5.74) is 2.96. The highest BCUT2D eigenvalue weighted by Gasteiger charge is 2.28.